The van der Waals surface area contributed by atoms with E-state index in [0.29, 0.717) is 12.1 Å². The van der Waals surface area contributed by atoms with Gasteiger partial charge >= 0.3 is 0 Å². The lowest BCUT2D eigenvalue weighted by atomic mass is 10.1. The number of rotatable bonds is 4. The van der Waals surface area contributed by atoms with E-state index >= 15 is 0 Å². The minimum atomic E-state index is -3.25. The molecule has 5 heteroatoms. The summed E-state index contributed by atoms with van der Waals surface area (Å²) in [5.41, 5.74) is 1.41. The Hall–Kier alpha value is -1.36. The van der Waals surface area contributed by atoms with E-state index in [9.17, 15) is 13.2 Å². The fourth-order valence-corrected chi connectivity index (χ4v) is 2.19. The standard InChI is InChI=1S/C13H19NO3S/c1-9(2)7-13(15)14-12-8-11(18(4,16)17)6-5-10(12)3/h5-6,8-9H,7H2,1-4H3,(H,14,15). The highest BCUT2D eigenvalue weighted by atomic mass is 32.2. The van der Waals surface area contributed by atoms with Crippen LogP contribution in [0.2, 0.25) is 0 Å². The zero-order chi connectivity index (χ0) is 13.9. The third-order valence-electron chi connectivity index (χ3n) is 2.50. The molecule has 0 unspecified atom stereocenters. The predicted molar refractivity (Wildman–Crippen MR) is 72.4 cm³/mol. The molecule has 1 N–H and O–H groups in total. The molecule has 18 heavy (non-hydrogen) atoms. The van der Waals surface area contributed by atoms with E-state index in [1.54, 1.807) is 12.1 Å². The van der Waals surface area contributed by atoms with Crippen molar-refractivity contribution in [3.8, 4) is 0 Å². The van der Waals surface area contributed by atoms with Crippen molar-refractivity contribution in [2.75, 3.05) is 11.6 Å². The van der Waals surface area contributed by atoms with Crippen LogP contribution in [0.4, 0.5) is 5.69 Å². The maximum absolute atomic E-state index is 11.7. The number of hydrogen-bond acceptors (Lipinski definition) is 3. The SMILES string of the molecule is Cc1ccc(S(C)(=O)=O)cc1NC(=O)CC(C)C. The lowest BCUT2D eigenvalue weighted by molar-refractivity contribution is -0.116. The molecule has 0 spiro atoms. The third kappa shape index (κ3) is 4.14. The zero-order valence-corrected chi connectivity index (χ0v) is 12.0. The summed E-state index contributed by atoms with van der Waals surface area (Å²) in [6, 6.07) is 4.74. The first-order chi connectivity index (χ1) is 8.20. The summed E-state index contributed by atoms with van der Waals surface area (Å²) in [4.78, 5) is 11.9. The Balaban J connectivity index is 2.99. The maximum Gasteiger partial charge on any atom is 0.224 e. The van der Waals surface area contributed by atoms with Crippen LogP contribution < -0.4 is 5.32 Å². The van der Waals surface area contributed by atoms with Gasteiger partial charge in [0.05, 0.1) is 4.90 Å². The van der Waals surface area contributed by atoms with Gasteiger partial charge in [0.25, 0.3) is 0 Å². The van der Waals surface area contributed by atoms with Gasteiger partial charge in [0.1, 0.15) is 0 Å². The highest BCUT2D eigenvalue weighted by Gasteiger charge is 2.11. The van der Waals surface area contributed by atoms with Gasteiger partial charge in [-0.1, -0.05) is 19.9 Å². The minimum Gasteiger partial charge on any atom is -0.326 e. The maximum atomic E-state index is 11.7. The highest BCUT2D eigenvalue weighted by Crippen LogP contribution is 2.20. The number of nitrogens with one attached hydrogen (secondary N) is 1. The normalized spacial score (nSPS) is 11.6. The molecule has 1 amide bonds. The van der Waals surface area contributed by atoms with Gasteiger partial charge in [-0.25, -0.2) is 8.42 Å². The number of carbonyl (C=O) groups excluding carboxylic acids is 1. The number of aryl methyl sites for hydroxylation is 1. The van der Waals surface area contributed by atoms with Gasteiger partial charge in [-0.3, -0.25) is 4.79 Å². The molecule has 1 aromatic carbocycles. The molecule has 0 aliphatic rings. The van der Waals surface area contributed by atoms with Gasteiger partial charge in [0.15, 0.2) is 9.84 Å². The lowest BCUT2D eigenvalue weighted by Crippen LogP contribution is -2.15. The second-order valence-electron chi connectivity index (χ2n) is 4.90. The number of anilines is 1. The number of benzene rings is 1. The zero-order valence-electron chi connectivity index (χ0n) is 11.1. The van der Waals surface area contributed by atoms with Crippen LogP contribution in [0, 0.1) is 12.8 Å². The molecule has 1 rings (SSSR count). The summed E-state index contributed by atoms with van der Waals surface area (Å²) >= 11 is 0. The van der Waals surface area contributed by atoms with E-state index in [-0.39, 0.29) is 16.7 Å². The molecule has 0 saturated heterocycles. The van der Waals surface area contributed by atoms with Crippen LogP contribution >= 0.6 is 0 Å². The first-order valence-electron chi connectivity index (χ1n) is 5.80. The number of sulfone groups is 1. The van der Waals surface area contributed by atoms with E-state index in [4.69, 9.17) is 0 Å². The Morgan fingerprint density at radius 3 is 2.44 bits per heavy atom. The second kappa shape index (κ2) is 5.52. The first-order valence-corrected chi connectivity index (χ1v) is 7.70. The van der Waals surface area contributed by atoms with Gasteiger partial charge in [-0.05, 0) is 30.5 Å². The van der Waals surface area contributed by atoms with E-state index in [2.05, 4.69) is 5.32 Å². The van der Waals surface area contributed by atoms with Gasteiger partial charge < -0.3 is 5.32 Å². The minimum absolute atomic E-state index is 0.0984. The molecule has 0 heterocycles. The van der Waals surface area contributed by atoms with Crippen LogP contribution in [-0.2, 0) is 14.6 Å². The Bertz CT molecular complexity index is 547. The van der Waals surface area contributed by atoms with Gasteiger partial charge in [-0.2, -0.15) is 0 Å². The lowest BCUT2D eigenvalue weighted by Gasteiger charge is -2.11. The Kier molecular flexibility index (Phi) is 4.51. The summed E-state index contributed by atoms with van der Waals surface area (Å²) in [6.45, 7) is 5.75. The van der Waals surface area contributed by atoms with Crippen LogP contribution in [0.1, 0.15) is 25.8 Å². The highest BCUT2D eigenvalue weighted by molar-refractivity contribution is 7.90. The molecule has 4 nitrogen and oxygen atoms in total. The van der Waals surface area contributed by atoms with Crippen LogP contribution in [-0.4, -0.2) is 20.6 Å². The van der Waals surface area contributed by atoms with E-state index < -0.39 is 9.84 Å². The van der Waals surface area contributed by atoms with Crippen molar-refractivity contribution in [2.24, 2.45) is 5.92 Å². The molecule has 0 bridgehead atoms. The molecule has 0 fully saturated rings. The van der Waals surface area contributed by atoms with Crippen molar-refractivity contribution in [1.82, 2.24) is 0 Å². The van der Waals surface area contributed by atoms with Crippen molar-refractivity contribution in [3.05, 3.63) is 23.8 Å². The van der Waals surface area contributed by atoms with Crippen LogP contribution in [0.5, 0.6) is 0 Å². The summed E-state index contributed by atoms with van der Waals surface area (Å²) in [6.07, 6.45) is 1.57. The van der Waals surface area contributed by atoms with Crippen LogP contribution in [0.3, 0.4) is 0 Å². The second-order valence-corrected chi connectivity index (χ2v) is 6.91. The Labute approximate surface area is 108 Å². The van der Waals surface area contributed by atoms with Crippen LogP contribution in [0.15, 0.2) is 23.1 Å². The van der Waals surface area contributed by atoms with Gasteiger partial charge in [-0.15, -0.1) is 0 Å². The smallest absolute Gasteiger partial charge is 0.224 e. The Morgan fingerprint density at radius 2 is 1.94 bits per heavy atom. The molecule has 100 valence electrons. The molecule has 0 aliphatic carbocycles. The fourth-order valence-electron chi connectivity index (χ4n) is 1.54. The van der Waals surface area contributed by atoms with Crippen LogP contribution in [0.25, 0.3) is 0 Å². The average Bonchev–Trinajstić information content (AvgIpc) is 2.18. The summed E-state index contributed by atoms with van der Waals surface area (Å²) in [7, 11) is -3.25. The van der Waals surface area contributed by atoms with Crippen molar-refractivity contribution in [2.45, 2.75) is 32.1 Å². The molecule has 0 saturated carbocycles. The topological polar surface area (TPSA) is 63.2 Å². The van der Waals surface area contributed by atoms with E-state index in [0.717, 1.165) is 11.8 Å². The van der Waals surface area contributed by atoms with Crippen molar-refractivity contribution in [1.29, 1.82) is 0 Å². The summed E-state index contributed by atoms with van der Waals surface area (Å²) < 4.78 is 22.9. The first kappa shape index (κ1) is 14.7. The quantitative estimate of drug-likeness (QED) is 0.912. The molecule has 0 aliphatic heterocycles. The molecule has 0 radical (unpaired) electrons. The number of carbonyl (C=O) groups is 1. The molecule has 0 atom stereocenters. The molecular weight excluding hydrogens is 250 g/mol. The predicted octanol–water partition coefficient (Wildman–Crippen LogP) is 2.38. The number of amides is 1. The summed E-state index contributed by atoms with van der Waals surface area (Å²) in [5, 5.41) is 2.75. The van der Waals surface area contributed by atoms with Crippen molar-refractivity contribution >= 4 is 21.4 Å². The van der Waals surface area contributed by atoms with Crippen molar-refractivity contribution < 1.29 is 13.2 Å². The fraction of sp³-hybridized carbons (Fsp3) is 0.462. The molecule has 1 aromatic rings. The molecule has 0 aromatic heterocycles. The largest absolute Gasteiger partial charge is 0.326 e. The average molecular weight is 269 g/mol. The third-order valence-corrected chi connectivity index (χ3v) is 3.62. The number of hydrogen-bond donors (Lipinski definition) is 1. The van der Waals surface area contributed by atoms with Gasteiger partial charge in [0, 0.05) is 18.4 Å². The summed E-state index contributed by atoms with van der Waals surface area (Å²) in [5.74, 6) is 0.169. The monoisotopic (exact) mass is 269 g/mol. The molecular formula is C13H19NO3S. The Morgan fingerprint density at radius 1 is 1.33 bits per heavy atom. The van der Waals surface area contributed by atoms with Gasteiger partial charge in [0.2, 0.25) is 5.91 Å². The van der Waals surface area contributed by atoms with Crippen molar-refractivity contribution in [3.63, 3.8) is 0 Å². The van der Waals surface area contributed by atoms with E-state index in [1.807, 2.05) is 20.8 Å². The van der Waals surface area contributed by atoms with E-state index in [1.165, 1.54) is 6.07 Å².